The molecule has 0 aliphatic heterocycles. The molecule has 2 rings (SSSR count). The normalized spacial score (nSPS) is 12.3. The number of unbranched alkanes of at least 4 members (excludes halogenated alkanes) is 9. The van der Waals surface area contributed by atoms with Gasteiger partial charge in [0.2, 0.25) is 6.29 Å². The quantitative estimate of drug-likeness (QED) is 0.0648. The molecule has 39 heavy (non-hydrogen) atoms. The monoisotopic (exact) mass is 538 g/mol. The van der Waals surface area contributed by atoms with Gasteiger partial charge in [-0.2, -0.15) is 0 Å². The molecule has 0 aliphatic carbocycles. The molecule has 1 unspecified atom stereocenters. The molecule has 0 radical (unpaired) electrons. The molecule has 0 aromatic heterocycles. The van der Waals surface area contributed by atoms with Crippen LogP contribution in [0.1, 0.15) is 115 Å². The van der Waals surface area contributed by atoms with Crippen LogP contribution in [0.5, 0.6) is 5.75 Å². The van der Waals surface area contributed by atoms with E-state index in [1.807, 2.05) is 12.1 Å². The van der Waals surface area contributed by atoms with Crippen molar-refractivity contribution in [3.8, 4) is 5.75 Å². The first-order valence-corrected chi connectivity index (χ1v) is 15.7. The van der Waals surface area contributed by atoms with E-state index in [1.54, 1.807) is 0 Å². The Hall–Kier alpha value is -2.33. The molecule has 4 heteroatoms. The van der Waals surface area contributed by atoms with Gasteiger partial charge in [-0.3, -0.25) is 4.79 Å². The van der Waals surface area contributed by atoms with Crippen molar-refractivity contribution in [3.63, 3.8) is 0 Å². The highest BCUT2D eigenvalue weighted by atomic mass is 16.7. The van der Waals surface area contributed by atoms with E-state index in [0.717, 1.165) is 49.0 Å². The minimum Gasteiger partial charge on any atom is -0.455 e. The number of hydrogen-bond acceptors (Lipinski definition) is 3. The summed E-state index contributed by atoms with van der Waals surface area (Å²) in [6, 6.07) is 18.9. The van der Waals surface area contributed by atoms with Crippen molar-refractivity contribution in [2.75, 3.05) is 20.6 Å². The summed E-state index contributed by atoms with van der Waals surface area (Å²) >= 11 is 0. The average molecular weight is 539 g/mol. The van der Waals surface area contributed by atoms with Crippen LogP contribution in [-0.4, -0.2) is 37.4 Å². The van der Waals surface area contributed by atoms with Crippen LogP contribution in [0.4, 0.5) is 0 Å². The number of carbonyl (C=O) groups is 1. The summed E-state index contributed by atoms with van der Waals surface area (Å²) in [5.74, 6) is 0.612. The van der Waals surface area contributed by atoms with Gasteiger partial charge in [0, 0.05) is 18.4 Å². The molecule has 2 aromatic carbocycles. The highest BCUT2D eigenvalue weighted by Crippen LogP contribution is 2.19. The third-order valence-electron chi connectivity index (χ3n) is 7.39. The lowest BCUT2D eigenvalue weighted by molar-refractivity contribution is -0.903. The molecular formula is C35H56NO3+. The zero-order chi connectivity index (χ0) is 28.2. The molecule has 0 aliphatic rings. The Morgan fingerprint density at radius 3 is 2.00 bits per heavy atom. The van der Waals surface area contributed by atoms with Crippen LogP contribution in [0.2, 0.25) is 0 Å². The third-order valence-corrected chi connectivity index (χ3v) is 7.39. The van der Waals surface area contributed by atoms with E-state index in [-0.39, 0.29) is 5.97 Å². The Bertz CT molecular complexity index is 879. The minimum absolute atomic E-state index is 0.163. The number of rotatable bonds is 22. The third kappa shape index (κ3) is 15.8. The summed E-state index contributed by atoms with van der Waals surface area (Å²) in [5.41, 5.74) is 2.70. The van der Waals surface area contributed by atoms with Gasteiger partial charge in [-0.05, 0) is 49.8 Å². The molecule has 0 heterocycles. The fraction of sp³-hybridized carbons (Fsp3) is 0.629. The number of benzene rings is 2. The largest absolute Gasteiger partial charge is 0.455 e. The van der Waals surface area contributed by atoms with Crippen LogP contribution in [0.25, 0.3) is 0 Å². The molecule has 0 saturated carbocycles. The molecule has 1 atom stereocenters. The Morgan fingerprint density at radius 1 is 0.718 bits per heavy atom. The van der Waals surface area contributed by atoms with Gasteiger partial charge in [-0.25, -0.2) is 0 Å². The van der Waals surface area contributed by atoms with E-state index in [2.05, 4.69) is 70.4 Å². The van der Waals surface area contributed by atoms with Crippen molar-refractivity contribution in [1.82, 2.24) is 0 Å². The van der Waals surface area contributed by atoms with Crippen molar-refractivity contribution in [3.05, 3.63) is 65.7 Å². The van der Waals surface area contributed by atoms with Gasteiger partial charge < -0.3 is 14.0 Å². The summed E-state index contributed by atoms with van der Waals surface area (Å²) in [6.07, 6.45) is 16.6. The second kappa shape index (κ2) is 19.7. The van der Waals surface area contributed by atoms with Crippen molar-refractivity contribution < 1.29 is 18.8 Å². The second-order valence-electron chi connectivity index (χ2n) is 11.8. The van der Waals surface area contributed by atoms with Gasteiger partial charge in [0.25, 0.3) is 0 Å². The average Bonchev–Trinajstić information content (AvgIpc) is 2.91. The van der Waals surface area contributed by atoms with Crippen molar-refractivity contribution in [1.29, 1.82) is 0 Å². The van der Waals surface area contributed by atoms with Crippen molar-refractivity contribution in [2.45, 2.75) is 123 Å². The smallest absolute Gasteiger partial charge is 0.308 e. The Kier molecular flexibility index (Phi) is 16.6. The highest BCUT2D eigenvalue weighted by molar-refractivity contribution is 5.69. The lowest BCUT2D eigenvalue weighted by Gasteiger charge is -2.30. The van der Waals surface area contributed by atoms with Gasteiger partial charge in [0.15, 0.2) is 0 Å². The zero-order valence-electron chi connectivity index (χ0n) is 25.5. The Balaban J connectivity index is 1.63. The first-order valence-electron chi connectivity index (χ1n) is 15.7. The van der Waals surface area contributed by atoms with E-state index in [1.165, 1.54) is 68.9 Å². The molecule has 0 fully saturated rings. The van der Waals surface area contributed by atoms with Gasteiger partial charge >= 0.3 is 5.97 Å². The Morgan fingerprint density at radius 2 is 1.36 bits per heavy atom. The number of nitrogens with zero attached hydrogens (tertiary/aromatic N) is 1. The molecule has 0 saturated heterocycles. The maximum absolute atomic E-state index is 12.5. The van der Waals surface area contributed by atoms with Crippen LogP contribution in [0, 0.1) is 0 Å². The van der Waals surface area contributed by atoms with E-state index in [4.69, 9.17) is 9.47 Å². The number of carbonyl (C=O) groups excluding carboxylic acids is 1. The predicted molar refractivity (Wildman–Crippen MR) is 164 cm³/mol. The van der Waals surface area contributed by atoms with Gasteiger partial charge in [0.1, 0.15) is 12.3 Å². The summed E-state index contributed by atoms with van der Waals surface area (Å²) in [4.78, 5) is 12.5. The summed E-state index contributed by atoms with van der Waals surface area (Å²) in [6.45, 7) is 6.39. The van der Waals surface area contributed by atoms with Crippen LogP contribution in [0.3, 0.4) is 0 Å². The SMILES string of the molecule is CCCCCCCCCCCc1ccc(OC(CCC)OC(=O)CCCC[N+](C)(C)Cc2ccccc2)cc1. The fourth-order valence-corrected chi connectivity index (χ4v) is 5.08. The molecule has 2 aromatic rings. The highest BCUT2D eigenvalue weighted by Gasteiger charge is 2.18. The number of hydrogen-bond donors (Lipinski definition) is 0. The number of quaternary nitrogens is 1. The van der Waals surface area contributed by atoms with E-state index in [0.29, 0.717) is 12.8 Å². The molecule has 0 spiro atoms. The lowest BCUT2D eigenvalue weighted by Crippen LogP contribution is -2.39. The molecule has 0 bridgehead atoms. The van der Waals surface area contributed by atoms with Gasteiger partial charge in [-0.15, -0.1) is 0 Å². The summed E-state index contributed by atoms with van der Waals surface area (Å²) in [7, 11) is 4.50. The van der Waals surface area contributed by atoms with Crippen LogP contribution in [0.15, 0.2) is 54.6 Å². The minimum atomic E-state index is -0.518. The van der Waals surface area contributed by atoms with Crippen LogP contribution in [-0.2, 0) is 22.5 Å². The maximum atomic E-state index is 12.5. The topological polar surface area (TPSA) is 35.5 Å². The summed E-state index contributed by atoms with van der Waals surface area (Å²) in [5, 5.41) is 0. The Labute approximate surface area is 239 Å². The van der Waals surface area contributed by atoms with Gasteiger partial charge in [0.05, 0.1) is 20.6 Å². The number of ether oxygens (including phenoxy) is 2. The van der Waals surface area contributed by atoms with Crippen LogP contribution < -0.4 is 4.74 Å². The number of esters is 1. The molecule has 4 nitrogen and oxygen atoms in total. The maximum Gasteiger partial charge on any atom is 0.308 e. The lowest BCUT2D eigenvalue weighted by atomic mass is 10.0. The first-order chi connectivity index (χ1) is 18.9. The van der Waals surface area contributed by atoms with Crippen molar-refractivity contribution in [2.24, 2.45) is 0 Å². The molecule has 0 N–H and O–H groups in total. The second-order valence-corrected chi connectivity index (χ2v) is 11.8. The predicted octanol–water partition coefficient (Wildman–Crippen LogP) is 9.26. The standard InChI is InChI=1S/C35H56NO3/c1-5-7-8-9-10-11-12-13-15-21-31-25-27-33(28-26-31)38-35(20-6-2)39-34(37)24-18-19-29-36(3,4)30-32-22-16-14-17-23-32/h14,16-17,22-23,25-28,35H,5-13,15,18-21,24,29-30H2,1-4H3/q+1. The molecule has 218 valence electrons. The summed E-state index contributed by atoms with van der Waals surface area (Å²) < 4.78 is 12.7. The number of aryl methyl sites for hydroxylation is 1. The zero-order valence-corrected chi connectivity index (χ0v) is 25.5. The molecular weight excluding hydrogens is 482 g/mol. The van der Waals surface area contributed by atoms with E-state index in [9.17, 15) is 4.79 Å². The van der Waals surface area contributed by atoms with E-state index < -0.39 is 6.29 Å². The van der Waals surface area contributed by atoms with Crippen LogP contribution >= 0.6 is 0 Å². The van der Waals surface area contributed by atoms with Gasteiger partial charge in [-0.1, -0.05) is 108 Å². The first kappa shape index (κ1) is 32.9. The molecule has 0 amide bonds. The van der Waals surface area contributed by atoms with Crippen molar-refractivity contribution >= 4 is 5.97 Å². The van der Waals surface area contributed by atoms with E-state index >= 15 is 0 Å². The fourth-order valence-electron chi connectivity index (χ4n) is 5.08.